The van der Waals surface area contributed by atoms with Gasteiger partial charge in [0.05, 0.1) is 6.10 Å². The second kappa shape index (κ2) is 4.63. The van der Waals surface area contributed by atoms with Crippen LogP contribution in [0.25, 0.3) is 0 Å². The number of aliphatic hydroxyl groups is 1. The van der Waals surface area contributed by atoms with Gasteiger partial charge in [-0.05, 0) is 37.2 Å². The lowest BCUT2D eigenvalue weighted by Crippen LogP contribution is -2.47. The molecule has 0 aromatic carbocycles. The lowest BCUT2D eigenvalue weighted by atomic mass is 9.71. The van der Waals surface area contributed by atoms with Crippen LogP contribution >= 0.6 is 0 Å². The van der Waals surface area contributed by atoms with Gasteiger partial charge in [0.2, 0.25) is 5.91 Å². The van der Waals surface area contributed by atoms with E-state index in [0.717, 1.165) is 32.2 Å². The Kier molecular flexibility index (Phi) is 3.09. The number of carbonyl (C=O) groups excluding carboxylic acids is 1. The molecule has 5 heteroatoms. The van der Waals surface area contributed by atoms with Crippen LogP contribution in [0, 0.1) is 5.41 Å². The van der Waals surface area contributed by atoms with E-state index in [2.05, 4.69) is 12.0 Å². The third kappa shape index (κ3) is 2.27. The fourth-order valence-electron chi connectivity index (χ4n) is 3.73. The van der Waals surface area contributed by atoms with Crippen LogP contribution in [0.5, 0.6) is 0 Å². The number of aromatic nitrogens is 2. The molecule has 2 fully saturated rings. The second-order valence-electron chi connectivity index (χ2n) is 6.15. The van der Waals surface area contributed by atoms with Crippen molar-refractivity contribution < 1.29 is 9.90 Å². The molecule has 2 heterocycles. The van der Waals surface area contributed by atoms with Crippen LogP contribution in [0.15, 0.2) is 18.5 Å². The first-order valence-corrected chi connectivity index (χ1v) is 7.03. The van der Waals surface area contributed by atoms with Gasteiger partial charge in [0, 0.05) is 25.0 Å². The monoisotopic (exact) mass is 263 g/mol. The summed E-state index contributed by atoms with van der Waals surface area (Å²) >= 11 is 0. The Balaban J connectivity index is 1.71. The van der Waals surface area contributed by atoms with E-state index in [9.17, 15) is 9.90 Å². The molecule has 5 nitrogen and oxygen atoms in total. The topological polar surface area (TPSA) is 58.4 Å². The minimum absolute atomic E-state index is 0.0947. The number of hydrogen-bond acceptors (Lipinski definition) is 3. The van der Waals surface area contributed by atoms with E-state index in [0.29, 0.717) is 12.6 Å². The molecule has 3 rings (SSSR count). The Bertz CT molecular complexity index is 459. The fraction of sp³-hybridized carbons (Fsp3) is 0.714. The Morgan fingerprint density at radius 2 is 2.37 bits per heavy atom. The molecule has 104 valence electrons. The van der Waals surface area contributed by atoms with Crippen LogP contribution in [0.1, 0.15) is 32.6 Å². The van der Waals surface area contributed by atoms with E-state index >= 15 is 0 Å². The molecule has 1 aliphatic heterocycles. The Labute approximate surface area is 113 Å². The molecule has 1 saturated heterocycles. The van der Waals surface area contributed by atoms with Crippen LogP contribution in [0.3, 0.4) is 0 Å². The van der Waals surface area contributed by atoms with Crippen LogP contribution in [0.2, 0.25) is 0 Å². The average Bonchev–Trinajstić information content (AvgIpc) is 2.95. The SMILES string of the molecule is C[C@@]12CCN(C(=O)Cn3cccn3)[C@@H]1CC[C@@H](O)C2. The Morgan fingerprint density at radius 3 is 3.11 bits per heavy atom. The Hall–Kier alpha value is -1.36. The van der Waals surface area contributed by atoms with Crippen molar-refractivity contribution in [1.82, 2.24) is 14.7 Å². The number of rotatable bonds is 2. The summed E-state index contributed by atoms with van der Waals surface area (Å²) < 4.78 is 1.68. The molecule has 1 aliphatic carbocycles. The highest BCUT2D eigenvalue weighted by atomic mass is 16.3. The molecule has 1 N–H and O–H groups in total. The Morgan fingerprint density at radius 1 is 1.53 bits per heavy atom. The number of nitrogens with zero attached hydrogens (tertiary/aromatic N) is 3. The first-order valence-electron chi connectivity index (χ1n) is 7.03. The number of amides is 1. The van der Waals surface area contributed by atoms with Gasteiger partial charge < -0.3 is 10.0 Å². The molecule has 3 atom stereocenters. The summed E-state index contributed by atoms with van der Waals surface area (Å²) in [5.74, 6) is 0.147. The van der Waals surface area contributed by atoms with Gasteiger partial charge in [-0.25, -0.2) is 0 Å². The number of likely N-dealkylation sites (tertiary alicyclic amines) is 1. The molecule has 19 heavy (non-hydrogen) atoms. The first kappa shape index (κ1) is 12.7. The zero-order valence-corrected chi connectivity index (χ0v) is 11.3. The summed E-state index contributed by atoms with van der Waals surface area (Å²) in [5, 5.41) is 13.9. The molecule has 1 aromatic rings. The summed E-state index contributed by atoms with van der Waals surface area (Å²) in [5.41, 5.74) is 0.0947. The highest BCUT2D eigenvalue weighted by molar-refractivity contribution is 5.76. The van der Waals surface area contributed by atoms with Crippen molar-refractivity contribution in [2.45, 2.75) is 51.3 Å². The van der Waals surface area contributed by atoms with Crippen LogP contribution in [-0.2, 0) is 11.3 Å². The van der Waals surface area contributed by atoms with Crippen molar-refractivity contribution in [2.75, 3.05) is 6.54 Å². The third-order valence-electron chi connectivity index (χ3n) is 4.76. The maximum atomic E-state index is 12.4. The molecular weight excluding hydrogens is 242 g/mol. The van der Waals surface area contributed by atoms with Crippen molar-refractivity contribution in [1.29, 1.82) is 0 Å². The summed E-state index contributed by atoms with van der Waals surface area (Å²) in [6.45, 7) is 3.34. The van der Waals surface area contributed by atoms with Gasteiger partial charge >= 0.3 is 0 Å². The first-order chi connectivity index (χ1) is 9.08. The van der Waals surface area contributed by atoms with Crippen LogP contribution < -0.4 is 0 Å². The van der Waals surface area contributed by atoms with E-state index < -0.39 is 0 Å². The van der Waals surface area contributed by atoms with E-state index in [4.69, 9.17) is 0 Å². The number of hydrogen-bond donors (Lipinski definition) is 1. The molecule has 0 spiro atoms. The highest BCUT2D eigenvalue weighted by Gasteiger charge is 2.48. The average molecular weight is 263 g/mol. The van der Waals surface area contributed by atoms with Gasteiger partial charge in [-0.2, -0.15) is 5.10 Å². The predicted octanol–water partition coefficient (Wildman–Crippen LogP) is 1.04. The number of carbonyl (C=O) groups is 1. The van der Waals surface area contributed by atoms with Crippen molar-refractivity contribution in [2.24, 2.45) is 5.41 Å². The van der Waals surface area contributed by atoms with Crippen LogP contribution in [-0.4, -0.2) is 44.4 Å². The highest BCUT2D eigenvalue weighted by Crippen LogP contribution is 2.46. The van der Waals surface area contributed by atoms with Gasteiger partial charge in [-0.15, -0.1) is 0 Å². The van der Waals surface area contributed by atoms with E-state index in [1.807, 2.05) is 17.2 Å². The van der Waals surface area contributed by atoms with Crippen molar-refractivity contribution >= 4 is 5.91 Å². The maximum absolute atomic E-state index is 12.4. The van der Waals surface area contributed by atoms with E-state index in [1.54, 1.807) is 10.9 Å². The number of fused-ring (bicyclic) bond motifs is 1. The maximum Gasteiger partial charge on any atom is 0.244 e. The summed E-state index contributed by atoms with van der Waals surface area (Å²) in [6.07, 6.45) is 6.87. The minimum atomic E-state index is -0.192. The zero-order chi connectivity index (χ0) is 13.5. The van der Waals surface area contributed by atoms with Gasteiger partial charge in [0.25, 0.3) is 0 Å². The third-order valence-corrected chi connectivity index (χ3v) is 4.76. The fourth-order valence-corrected chi connectivity index (χ4v) is 3.73. The smallest absolute Gasteiger partial charge is 0.244 e. The molecule has 0 bridgehead atoms. The standard InChI is InChI=1S/C14H21N3O2/c1-14-5-8-17(12(14)4-3-11(18)9-14)13(19)10-16-7-2-6-15-16/h2,6-7,11-12,18H,3-5,8-10H2,1H3/t11-,12-,14+/m1/s1. The van der Waals surface area contributed by atoms with Crippen LogP contribution in [0.4, 0.5) is 0 Å². The van der Waals surface area contributed by atoms with E-state index in [-0.39, 0.29) is 17.4 Å². The van der Waals surface area contributed by atoms with Gasteiger partial charge in [0.15, 0.2) is 0 Å². The lowest BCUT2D eigenvalue weighted by Gasteiger charge is -2.41. The van der Waals surface area contributed by atoms with Gasteiger partial charge in [-0.1, -0.05) is 6.92 Å². The van der Waals surface area contributed by atoms with Crippen molar-refractivity contribution in [3.63, 3.8) is 0 Å². The van der Waals surface area contributed by atoms with Crippen molar-refractivity contribution in [3.8, 4) is 0 Å². The quantitative estimate of drug-likeness (QED) is 0.867. The molecule has 1 saturated carbocycles. The summed E-state index contributed by atoms with van der Waals surface area (Å²) in [6, 6.07) is 2.12. The van der Waals surface area contributed by atoms with Gasteiger partial charge in [0.1, 0.15) is 6.54 Å². The van der Waals surface area contributed by atoms with Crippen molar-refractivity contribution in [3.05, 3.63) is 18.5 Å². The summed E-state index contributed by atoms with van der Waals surface area (Å²) in [4.78, 5) is 14.4. The lowest BCUT2D eigenvalue weighted by molar-refractivity contribution is -0.135. The van der Waals surface area contributed by atoms with Gasteiger partial charge in [-0.3, -0.25) is 9.48 Å². The predicted molar refractivity (Wildman–Crippen MR) is 70.3 cm³/mol. The molecule has 0 unspecified atom stereocenters. The zero-order valence-electron chi connectivity index (χ0n) is 11.3. The molecule has 0 radical (unpaired) electrons. The normalized spacial score (nSPS) is 34.3. The molecule has 1 amide bonds. The summed E-state index contributed by atoms with van der Waals surface area (Å²) in [7, 11) is 0. The molecular formula is C14H21N3O2. The van der Waals surface area contributed by atoms with E-state index in [1.165, 1.54) is 0 Å². The number of aliphatic hydroxyl groups excluding tert-OH is 1. The molecule has 1 aromatic heterocycles. The second-order valence-corrected chi connectivity index (χ2v) is 6.15. The molecule has 2 aliphatic rings. The minimum Gasteiger partial charge on any atom is -0.393 e. The largest absolute Gasteiger partial charge is 0.393 e.